The summed E-state index contributed by atoms with van der Waals surface area (Å²) in [5.74, 6) is 0. The fraction of sp³-hybridized carbons (Fsp3) is 0.273. The summed E-state index contributed by atoms with van der Waals surface area (Å²) in [5, 5.41) is 2.68. The minimum Gasteiger partial charge on any atom is -0.0651 e. The molecule has 0 atom stereocenters. The molecule has 0 radical (unpaired) electrons. The zero-order valence-electron chi connectivity index (χ0n) is 13.6. The van der Waals surface area contributed by atoms with Gasteiger partial charge >= 0.3 is 0 Å². The van der Waals surface area contributed by atoms with E-state index in [2.05, 4.69) is 75.4 Å². The third-order valence-electron chi connectivity index (χ3n) is 5.15. The standard InChI is InChI=1S/C22H22/c1-4-7-15-10-11-20-18(12-15)19-13-16-8-5-6-9-17(16)14-21(19)22(20,2)3/h5-6,8-14H,4,7H2,1-3H3. The third-order valence-corrected chi connectivity index (χ3v) is 5.15. The normalized spacial score (nSPS) is 14.9. The molecule has 0 bridgehead atoms. The van der Waals surface area contributed by atoms with Gasteiger partial charge < -0.3 is 0 Å². The summed E-state index contributed by atoms with van der Waals surface area (Å²) in [4.78, 5) is 0. The first-order valence-electron chi connectivity index (χ1n) is 8.28. The molecule has 0 spiro atoms. The fourth-order valence-electron chi connectivity index (χ4n) is 3.93. The van der Waals surface area contributed by atoms with Crippen LogP contribution in [-0.4, -0.2) is 0 Å². The summed E-state index contributed by atoms with van der Waals surface area (Å²) >= 11 is 0. The molecule has 0 aromatic heterocycles. The first kappa shape index (κ1) is 13.6. The van der Waals surface area contributed by atoms with E-state index in [9.17, 15) is 0 Å². The van der Waals surface area contributed by atoms with E-state index in [-0.39, 0.29) is 5.41 Å². The molecular formula is C22H22. The first-order valence-corrected chi connectivity index (χ1v) is 8.28. The van der Waals surface area contributed by atoms with E-state index >= 15 is 0 Å². The summed E-state index contributed by atoms with van der Waals surface area (Å²) < 4.78 is 0. The Morgan fingerprint density at radius 3 is 2.18 bits per heavy atom. The molecule has 1 aliphatic carbocycles. The Kier molecular flexibility index (Phi) is 2.91. The Morgan fingerprint density at radius 1 is 0.773 bits per heavy atom. The molecule has 3 aromatic carbocycles. The maximum atomic E-state index is 2.42. The van der Waals surface area contributed by atoms with Gasteiger partial charge in [0.25, 0.3) is 0 Å². The molecule has 1 aliphatic rings. The fourth-order valence-corrected chi connectivity index (χ4v) is 3.93. The zero-order valence-corrected chi connectivity index (χ0v) is 13.6. The van der Waals surface area contributed by atoms with E-state index in [1.54, 1.807) is 0 Å². The van der Waals surface area contributed by atoms with Gasteiger partial charge in [-0.1, -0.05) is 69.7 Å². The molecule has 110 valence electrons. The van der Waals surface area contributed by atoms with Crippen LogP contribution in [0.15, 0.2) is 54.6 Å². The Morgan fingerprint density at radius 2 is 1.45 bits per heavy atom. The van der Waals surface area contributed by atoms with Crippen molar-refractivity contribution in [2.24, 2.45) is 0 Å². The van der Waals surface area contributed by atoms with Crippen molar-refractivity contribution in [3.8, 4) is 11.1 Å². The summed E-state index contributed by atoms with van der Waals surface area (Å²) in [6.07, 6.45) is 2.36. The molecule has 4 rings (SSSR count). The Labute approximate surface area is 132 Å². The summed E-state index contributed by atoms with van der Waals surface area (Å²) in [7, 11) is 0. The molecule has 0 amide bonds. The average Bonchev–Trinajstić information content (AvgIpc) is 2.74. The SMILES string of the molecule is CCCc1ccc2c(c1)-c1cc3ccccc3cc1C2(C)C. The molecule has 22 heavy (non-hydrogen) atoms. The lowest BCUT2D eigenvalue weighted by atomic mass is 9.81. The van der Waals surface area contributed by atoms with Gasteiger partial charge in [-0.2, -0.15) is 0 Å². The molecular weight excluding hydrogens is 264 g/mol. The smallest absolute Gasteiger partial charge is 0.0159 e. The third kappa shape index (κ3) is 1.83. The maximum absolute atomic E-state index is 2.42. The highest BCUT2D eigenvalue weighted by molar-refractivity contribution is 5.93. The highest BCUT2D eigenvalue weighted by Crippen LogP contribution is 2.50. The van der Waals surface area contributed by atoms with E-state index in [1.165, 1.54) is 45.0 Å². The van der Waals surface area contributed by atoms with Crippen molar-refractivity contribution in [1.82, 2.24) is 0 Å². The predicted octanol–water partition coefficient (Wildman–Crippen LogP) is 6.10. The Balaban J connectivity index is 2.02. The van der Waals surface area contributed by atoms with Gasteiger partial charge in [-0.05, 0) is 57.1 Å². The summed E-state index contributed by atoms with van der Waals surface area (Å²) in [6, 6.07) is 20.6. The minimum absolute atomic E-state index is 0.0967. The Hall–Kier alpha value is -2.08. The van der Waals surface area contributed by atoms with Crippen molar-refractivity contribution in [2.45, 2.75) is 39.0 Å². The minimum atomic E-state index is 0.0967. The van der Waals surface area contributed by atoms with E-state index in [0.29, 0.717) is 0 Å². The maximum Gasteiger partial charge on any atom is 0.0159 e. The number of fused-ring (bicyclic) bond motifs is 4. The van der Waals surface area contributed by atoms with Crippen molar-refractivity contribution in [3.63, 3.8) is 0 Å². The van der Waals surface area contributed by atoms with Crippen LogP contribution in [0.25, 0.3) is 21.9 Å². The number of rotatable bonds is 2. The number of benzene rings is 3. The Bertz CT molecular complexity index is 868. The molecule has 0 heterocycles. The topological polar surface area (TPSA) is 0 Å². The molecule has 0 fully saturated rings. The highest BCUT2D eigenvalue weighted by Gasteiger charge is 2.35. The molecule has 0 N–H and O–H groups in total. The van der Waals surface area contributed by atoms with E-state index < -0.39 is 0 Å². The van der Waals surface area contributed by atoms with Crippen LogP contribution in [0.5, 0.6) is 0 Å². The molecule has 0 saturated heterocycles. The average molecular weight is 286 g/mol. The van der Waals surface area contributed by atoms with E-state index in [1.807, 2.05) is 0 Å². The lowest BCUT2D eigenvalue weighted by Gasteiger charge is -2.21. The van der Waals surface area contributed by atoms with Gasteiger partial charge in [0.05, 0.1) is 0 Å². The number of aryl methyl sites for hydroxylation is 1. The zero-order chi connectivity index (χ0) is 15.3. The molecule has 0 aliphatic heterocycles. The van der Waals surface area contributed by atoms with Crippen LogP contribution in [0, 0.1) is 0 Å². The van der Waals surface area contributed by atoms with E-state index in [4.69, 9.17) is 0 Å². The van der Waals surface area contributed by atoms with Gasteiger partial charge in [-0.25, -0.2) is 0 Å². The second-order valence-electron chi connectivity index (χ2n) is 7.00. The van der Waals surface area contributed by atoms with Crippen LogP contribution >= 0.6 is 0 Å². The van der Waals surface area contributed by atoms with Gasteiger partial charge in [0, 0.05) is 5.41 Å². The monoisotopic (exact) mass is 286 g/mol. The largest absolute Gasteiger partial charge is 0.0651 e. The van der Waals surface area contributed by atoms with Gasteiger partial charge in [0.2, 0.25) is 0 Å². The molecule has 0 heteroatoms. The second kappa shape index (κ2) is 4.71. The number of hydrogen-bond acceptors (Lipinski definition) is 0. The summed E-state index contributed by atoms with van der Waals surface area (Å²) in [5.41, 5.74) is 7.36. The van der Waals surface area contributed by atoms with Crippen LogP contribution in [0.3, 0.4) is 0 Å². The van der Waals surface area contributed by atoms with Crippen LogP contribution in [0.1, 0.15) is 43.9 Å². The van der Waals surface area contributed by atoms with Crippen LogP contribution in [0.4, 0.5) is 0 Å². The predicted molar refractivity (Wildman–Crippen MR) is 95.5 cm³/mol. The van der Waals surface area contributed by atoms with Gasteiger partial charge in [-0.3, -0.25) is 0 Å². The van der Waals surface area contributed by atoms with Crippen molar-refractivity contribution in [1.29, 1.82) is 0 Å². The summed E-state index contributed by atoms with van der Waals surface area (Å²) in [6.45, 7) is 6.95. The molecule has 3 aromatic rings. The van der Waals surface area contributed by atoms with Crippen molar-refractivity contribution in [3.05, 3.63) is 71.3 Å². The molecule has 0 saturated carbocycles. The van der Waals surface area contributed by atoms with Crippen molar-refractivity contribution >= 4 is 10.8 Å². The van der Waals surface area contributed by atoms with Crippen LogP contribution < -0.4 is 0 Å². The first-order chi connectivity index (χ1) is 10.6. The van der Waals surface area contributed by atoms with E-state index in [0.717, 1.165) is 6.42 Å². The van der Waals surface area contributed by atoms with Gasteiger partial charge in [0.1, 0.15) is 0 Å². The van der Waals surface area contributed by atoms with Crippen LogP contribution in [-0.2, 0) is 11.8 Å². The lowest BCUT2D eigenvalue weighted by molar-refractivity contribution is 0.661. The quantitative estimate of drug-likeness (QED) is 0.534. The van der Waals surface area contributed by atoms with Crippen molar-refractivity contribution in [2.75, 3.05) is 0 Å². The van der Waals surface area contributed by atoms with Crippen LogP contribution in [0.2, 0.25) is 0 Å². The highest BCUT2D eigenvalue weighted by atomic mass is 14.4. The second-order valence-corrected chi connectivity index (χ2v) is 7.00. The lowest BCUT2D eigenvalue weighted by Crippen LogP contribution is -2.14. The molecule has 0 nitrogen and oxygen atoms in total. The van der Waals surface area contributed by atoms with Gasteiger partial charge in [0.15, 0.2) is 0 Å². The molecule has 0 unspecified atom stereocenters. The van der Waals surface area contributed by atoms with Crippen molar-refractivity contribution < 1.29 is 0 Å². The van der Waals surface area contributed by atoms with Gasteiger partial charge in [-0.15, -0.1) is 0 Å². The number of hydrogen-bond donors (Lipinski definition) is 0.